The van der Waals surface area contributed by atoms with Crippen LogP contribution in [0.15, 0.2) is 77.2 Å². The fraction of sp³-hybridized carbons (Fsp3) is 0.133. The number of hydrogen-bond donors (Lipinski definition) is 0. The van der Waals surface area contributed by atoms with E-state index in [1.165, 1.54) is 60.5 Å². The highest BCUT2D eigenvalue weighted by molar-refractivity contribution is 6.08. The summed E-state index contributed by atoms with van der Waals surface area (Å²) < 4.78 is 5.93. The molecule has 1 aliphatic rings. The third kappa shape index (κ3) is 2.84. The topological polar surface area (TPSA) is 13.1 Å². The largest absolute Gasteiger partial charge is 0.462 e. The van der Waals surface area contributed by atoms with Gasteiger partial charge in [0.25, 0.3) is 0 Å². The molecule has 0 N–H and O–H groups in total. The summed E-state index contributed by atoms with van der Waals surface area (Å²) in [5.41, 5.74) is 9.33. The Hall–Kier alpha value is -3.58. The van der Waals surface area contributed by atoms with Gasteiger partial charge in [-0.15, -0.1) is 0 Å². The van der Waals surface area contributed by atoms with Gasteiger partial charge in [-0.25, -0.2) is 0 Å². The van der Waals surface area contributed by atoms with Crippen molar-refractivity contribution in [3.05, 3.63) is 107 Å². The lowest BCUT2D eigenvalue weighted by Crippen LogP contribution is -1.95. The van der Waals surface area contributed by atoms with Crippen molar-refractivity contribution in [1.82, 2.24) is 0 Å². The first-order chi connectivity index (χ1) is 15.1. The summed E-state index contributed by atoms with van der Waals surface area (Å²) >= 11 is 0. The Morgan fingerprint density at radius 1 is 0.742 bits per heavy atom. The number of fused-ring (bicyclic) bond motifs is 4. The predicted octanol–water partition coefficient (Wildman–Crippen LogP) is 8.27. The van der Waals surface area contributed by atoms with E-state index in [4.69, 9.17) is 4.42 Å². The highest BCUT2D eigenvalue weighted by Gasteiger charge is 2.22. The minimum atomic E-state index is 0.925. The molecule has 1 heteroatoms. The third-order valence-electron chi connectivity index (χ3n) is 6.76. The van der Waals surface area contributed by atoms with Crippen molar-refractivity contribution in [2.24, 2.45) is 0 Å². The van der Waals surface area contributed by atoms with E-state index < -0.39 is 0 Å². The second-order valence-electron chi connectivity index (χ2n) is 8.75. The maximum absolute atomic E-state index is 5.93. The summed E-state index contributed by atoms with van der Waals surface area (Å²) in [7, 11) is 0. The van der Waals surface area contributed by atoms with E-state index in [1.54, 1.807) is 0 Å². The van der Waals surface area contributed by atoms with Gasteiger partial charge in [-0.1, -0.05) is 54.6 Å². The second kappa shape index (κ2) is 6.72. The summed E-state index contributed by atoms with van der Waals surface area (Å²) in [6, 6.07) is 26.5. The molecular formula is C30H24O. The number of aryl methyl sites for hydroxylation is 2. The van der Waals surface area contributed by atoms with Gasteiger partial charge < -0.3 is 4.42 Å². The zero-order valence-corrected chi connectivity index (χ0v) is 18.1. The highest BCUT2D eigenvalue weighted by Crippen LogP contribution is 2.42. The van der Waals surface area contributed by atoms with Crippen molar-refractivity contribution in [3.63, 3.8) is 0 Å². The molecule has 1 heterocycles. The normalized spacial score (nSPS) is 13.1. The molecule has 1 aliphatic carbocycles. The van der Waals surface area contributed by atoms with Crippen LogP contribution in [0.2, 0.25) is 0 Å². The molecule has 1 aromatic heterocycles. The Morgan fingerprint density at radius 3 is 2.39 bits per heavy atom. The fourth-order valence-electron chi connectivity index (χ4n) is 5.05. The summed E-state index contributed by atoms with van der Waals surface area (Å²) in [6.45, 7) is 6.48. The molecule has 4 aromatic carbocycles. The van der Waals surface area contributed by atoms with Gasteiger partial charge in [0.1, 0.15) is 11.5 Å². The van der Waals surface area contributed by atoms with Crippen LogP contribution < -0.4 is 0 Å². The molecule has 0 radical (unpaired) electrons. The first kappa shape index (κ1) is 18.2. The zero-order valence-electron chi connectivity index (χ0n) is 18.1. The van der Waals surface area contributed by atoms with Crippen LogP contribution in [0.1, 0.15) is 33.8 Å². The van der Waals surface area contributed by atoms with Gasteiger partial charge in [-0.3, -0.25) is 0 Å². The maximum Gasteiger partial charge on any atom is 0.130 e. The van der Waals surface area contributed by atoms with Crippen molar-refractivity contribution in [3.8, 4) is 11.1 Å². The van der Waals surface area contributed by atoms with E-state index >= 15 is 0 Å². The van der Waals surface area contributed by atoms with Gasteiger partial charge in [0.05, 0.1) is 0 Å². The van der Waals surface area contributed by atoms with E-state index in [0.717, 1.165) is 17.9 Å². The van der Waals surface area contributed by atoms with Crippen LogP contribution in [-0.4, -0.2) is 0 Å². The van der Waals surface area contributed by atoms with Gasteiger partial charge in [0.2, 0.25) is 0 Å². The van der Waals surface area contributed by atoms with Gasteiger partial charge in [0, 0.05) is 6.42 Å². The number of allylic oxidation sites excluding steroid dienone is 1. The van der Waals surface area contributed by atoms with Crippen molar-refractivity contribution >= 4 is 33.2 Å². The van der Waals surface area contributed by atoms with Crippen molar-refractivity contribution in [2.45, 2.75) is 27.2 Å². The lowest BCUT2D eigenvalue weighted by molar-refractivity contribution is 0.521. The molecule has 5 aromatic rings. The molecule has 0 aliphatic heterocycles. The summed E-state index contributed by atoms with van der Waals surface area (Å²) in [6.07, 6.45) is 3.26. The lowest BCUT2D eigenvalue weighted by Gasteiger charge is -2.16. The smallest absolute Gasteiger partial charge is 0.130 e. The van der Waals surface area contributed by atoms with Gasteiger partial charge in [-0.05, 0) is 106 Å². The summed E-state index contributed by atoms with van der Waals surface area (Å²) in [5, 5.41) is 5.20. The van der Waals surface area contributed by atoms with Crippen LogP contribution >= 0.6 is 0 Å². The van der Waals surface area contributed by atoms with E-state index in [9.17, 15) is 0 Å². The molecule has 1 nitrogen and oxygen atoms in total. The van der Waals surface area contributed by atoms with Crippen LogP contribution in [0.3, 0.4) is 0 Å². The number of benzene rings is 4. The second-order valence-corrected chi connectivity index (χ2v) is 8.75. The Morgan fingerprint density at radius 2 is 1.55 bits per heavy atom. The van der Waals surface area contributed by atoms with Gasteiger partial charge >= 0.3 is 0 Å². The standard InChI is InChI=1S/C30H24O/c1-18-14-24-16-25(29-13-8-19(2)31-29)17-28(24)30(20(18)3)23-11-12-27-22(15-23)10-9-21-6-4-5-7-26(21)27/h4-15,17H,16H2,1-3H3. The average molecular weight is 401 g/mol. The Balaban J connectivity index is 1.56. The van der Waals surface area contributed by atoms with E-state index in [-0.39, 0.29) is 0 Å². The average Bonchev–Trinajstić information content (AvgIpc) is 3.40. The zero-order chi connectivity index (χ0) is 21.1. The van der Waals surface area contributed by atoms with E-state index in [1.807, 2.05) is 13.0 Å². The molecule has 0 saturated heterocycles. The Kier molecular flexibility index (Phi) is 3.94. The molecule has 0 bridgehead atoms. The lowest BCUT2D eigenvalue weighted by atomic mass is 9.88. The minimum Gasteiger partial charge on any atom is -0.462 e. The molecule has 0 saturated carbocycles. The monoisotopic (exact) mass is 400 g/mol. The molecule has 0 fully saturated rings. The van der Waals surface area contributed by atoms with Crippen LogP contribution in [0.4, 0.5) is 0 Å². The van der Waals surface area contributed by atoms with Gasteiger partial charge in [0.15, 0.2) is 0 Å². The first-order valence-corrected chi connectivity index (χ1v) is 10.9. The summed E-state index contributed by atoms with van der Waals surface area (Å²) in [5.74, 6) is 1.95. The molecular weight excluding hydrogens is 376 g/mol. The van der Waals surface area contributed by atoms with Crippen LogP contribution in [0.25, 0.3) is 44.3 Å². The number of rotatable bonds is 2. The van der Waals surface area contributed by atoms with Gasteiger partial charge in [-0.2, -0.15) is 0 Å². The highest BCUT2D eigenvalue weighted by atomic mass is 16.3. The SMILES string of the molecule is Cc1ccc(C2=Cc3c(cc(C)c(C)c3-c3ccc4c(ccc5ccccc54)c3)C2)o1. The van der Waals surface area contributed by atoms with Crippen molar-refractivity contribution in [2.75, 3.05) is 0 Å². The maximum atomic E-state index is 5.93. The minimum absolute atomic E-state index is 0.925. The Labute approximate surface area is 182 Å². The van der Waals surface area contributed by atoms with E-state index in [2.05, 4.69) is 86.7 Å². The molecule has 6 rings (SSSR count). The van der Waals surface area contributed by atoms with Crippen LogP contribution in [0, 0.1) is 20.8 Å². The molecule has 0 spiro atoms. The first-order valence-electron chi connectivity index (χ1n) is 10.9. The summed E-state index contributed by atoms with van der Waals surface area (Å²) in [4.78, 5) is 0. The Bertz CT molecular complexity index is 1530. The van der Waals surface area contributed by atoms with Crippen molar-refractivity contribution < 1.29 is 4.42 Å². The molecule has 150 valence electrons. The quantitative estimate of drug-likeness (QED) is 0.272. The van der Waals surface area contributed by atoms with E-state index in [0.29, 0.717) is 0 Å². The van der Waals surface area contributed by atoms with Crippen LogP contribution in [0.5, 0.6) is 0 Å². The molecule has 0 unspecified atom stereocenters. The van der Waals surface area contributed by atoms with Crippen LogP contribution in [-0.2, 0) is 6.42 Å². The fourth-order valence-corrected chi connectivity index (χ4v) is 5.05. The number of hydrogen-bond acceptors (Lipinski definition) is 1. The number of furan rings is 1. The molecule has 31 heavy (non-hydrogen) atoms. The third-order valence-corrected chi connectivity index (χ3v) is 6.76. The van der Waals surface area contributed by atoms with Crippen molar-refractivity contribution in [1.29, 1.82) is 0 Å². The molecule has 0 atom stereocenters. The molecule has 0 amide bonds. The predicted molar refractivity (Wildman–Crippen MR) is 131 cm³/mol.